The average molecular weight is 153 g/mol. The maximum Gasteiger partial charge on any atom is 0.0214 e. The lowest BCUT2D eigenvalue weighted by Gasteiger charge is -2.03. The molecule has 1 nitrogen and oxygen atoms in total. The van der Waals surface area contributed by atoms with Crippen LogP contribution in [0, 0.1) is 17.8 Å². The highest BCUT2D eigenvalue weighted by molar-refractivity contribution is 5.01. The molecule has 1 N–H and O–H groups in total. The van der Waals surface area contributed by atoms with Crippen LogP contribution in [-0.2, 0) is 0 Å². The van der Waals surface area contributed by atoms with Crippen LogP contribution in [0.25, 0.3) is 0 Å². The molecule has 0 heterocycles. The van der Waals surface area contributed by atoms with Gasteiger partial charge in [0.05, 0.1) is 0 Å². The Bertz CT molecular complexity index is 137. The predicted molar refractivity (Wildman–Crippen MR) is 50.4 cm³/mol. The van der Waals surface area contributed by atoms with Crippen LogP contribution in [-0.4, -0.2) is 12.6 Å². The van der Waals surface area contributed by atoms with Gasteiger partial charge in [0.2, 0.25) is 0 Å². The Morgan fingerprint density at radius 2 is 1.82 bits per heavy atom. The van der Waals surface area contributed by atoms with Gasteiger partial charge in [-0.15, -0.1) is 11.8 Å². The molecule has 0 amide bonds. The van der Waals surface area contributed by atoms with E-state index in [1.165, 1.54) is 0 Å². The fourth-order valence-electron chi connectivity index (χ4n) is 0.700. The van der Waals surface area contributed by atoms with Crippen molar-refractivity contribution < 1.29 is 0 Å². The minimum absolute atomic E-state index is 0.508. The van der Waals surface area contributed by atoms with Crippen molar-refractivity contribution in [2.45, 2.75) is 40.2 Å². The van der Waals surface area contributed by atoms with Gasteiger partial charge < -0.3 is 5.32 Å². The quantitative estimate of drug-likeness (QED) is 0.483. The fourth-order valence-corrected chi connectivity index (χ4v) is 0.700. The smallest absolute Gasteiger partial charge is 0.0214 e. The Morgan fingerprint density at radius 1 is 1.18 bits per heavy atom. The summed E-state index contributed by atoms with van der Waals surface area (Å²) in [5, 5.41) is 3.32. The molecule has 0 aromatic heterocycles. The minimum Gasteiger partial charge on any atom is -0.314 e. The number of hydrogen-bond acceptors (Lipinski definition) is 1. The molecule has 0 saturated heterocycles. The second kappa shape index (κ2) is 6.24. The van der Waals surface area contributed by atoms with Crippen molar-refractivity contribution in [2.24, 2.45) is 5.92 Å². The monoisotopic (exact) mass is 153 g/mol. The van der Waals surface area contributed by atoms with E-state index in [1.54, 1.807) is 0 Å². The summed E-state index contributed by atoms with van der Waals surface area (Å²) in [4.78, 5) is 0. The van der Waals surface area contributed by atoms with Gasteiger partial charge in [0.1, 0.15) is 0 Å². The van der Waals surface area contributed by atoms with Crippen LogP contribution in [0.4, 0.5) is 0 Å². The molecule has 0 unspecified atom stereocenters. The maximum atomic E-state index is 3.32. The first-order valence-corrected chi connectivity index (χ1v) is 4.34. The van der Waals surface area contributed by atoms with Gasteiger partial charge in [0.25, 0.3) is 0 Å². The number of rotatable bonds is 3. The molecule has 0 rings (SSSR count). The van der Waals surface area contributed by atoms with Crippen molar-refractivity contribution in [3.05, 3.63) is 0 Å². The van der Waals surface area contributed by atoms with E-state index in [-0.39, 0.29) is 0 Å². The Hall–Kier alpha value is -0.480. The number of hydrogen-bond donors (Lipinski definition) is 1. The zero-order valence-corrected chi connectivity index (χ0v) is 8.07. The third-order valence-electron chi connectivity index (χ3n) is 1.19. The molecule has 0 aromatic rings. The Kier molecular flexibility index (Phi) is 5.97. The molecule has 64 valence electrons. The van der Waals surface area contributed by atoms with Crippen molar-refractivity contribution in [3.8, 4) is 11.8 Å². The van der Waals surface area contributed by atoms with Gasteiger partial charge in [-0.25, -0.2) is 0 Å². The van der Waals surface area contributed by atoms with E-state index in [1.807, 2.05) is 0 Å². The molecular formula is C10H19N. The lowest BCUT2D eigenvalue weighted by Crippen LogP contribution is -2.23. The van der Waals surface area contributed by atoms with Crippen LogP contribution in [0.5, 0.6) is 0 Å². The first-order valence-electron chi connectivity index (χ1n) is 4.34. The first kappa shape index (κ1) is 10.5. The molecule has 0 fully saturated rings. The van der Waals surface area contributed by atoms with E-state index in [0.29, 0.717) is 12.0 Å². The maximum absolute atomic E-state index is 3.32. The summed E-state index contributed by atoms with van der Waals surface area (Å²) in [6.07, 6.45) is 0.969. The first-order chi connectivity index (χ1) is 5.13. The summed E-state index contributed by atoms with van der Waals surface area (Å²) in [7, 11) is 0. The third-order valence-corrected chi connectivity index (χ3v) is 1.19. The summed E-state index contributed by atoms with van der Waals surface area (Å²) < 4.78 is 0. The molecule has 0 bridgehead atoms. The average Bonchev–Trinajstić information content (AvgIpc) is 1.85. The van der Waals surface area contributed by atoms with E-state index in [4.69, 9.17) is 0 Å². The van der Waals surface area contributed by atoms with Gasteiger partial charge >= 0.3 is 0 Å². The molecule has 0 atom stereocenters. The molecule has 0 aliphatic carbocycles. The van der Waals surface area contributed by atoms with Crippen LogP contribution < -0.4 is 5.32 Å². The third kappa shape index (κ3) is 9.52. The van der Waals surface area contributed by atoms with Gasteiger partial charge in [0, 0.05) is 24.9 Å². The second-order valence-corrected chi connectivity index (χ2v) is 3.33. The normalized spacial score (nSPS) is 10.0. The van der Waals surface area contributed by atoms with Crippen molar-refractivity contribution in [2.75, 3.05) is 6.54 Å². The van der Waals surface area contributed by atoms with Gasteiger partial charge in [-0.2, -0.15) is 0 Å². The lowest BCUT2D eigenvalue weighted by molar-refractivity contribution is 0.598. The van der Waals surface area contributed by atoms with Crippen LogP contribution in [0.2, 0.25) is 0 Å². The van der Waals surface area contributed by atoms with Gasteiger partial charge in [-0.3, -0.25) is 0 Å². The largest absolute Gasteiger partial charge is 0.314 e. The Morgan fingerprint density at radius 3 is 2.27 bits per heavy atom. The molecule has 0 aromatic carbocycles. The van der Waals surface area contributed by atoms with Crippen LogP contribution in [0.3, 0.4) is 0 Å². The predicted octanol–water partition coefficient (Wildman–Crippen LogP) is 2.03. The van der Waals surface area contributed by atoms with Crippen LogP contribution in [0.1, 0.15) is 34.1 Å². The summed E-state index contributed by atoms with van der Waals surface area (Å²) >= 11 is 0. The van der Waals surface area contributed by atoms with Crippen molar-refractivity contribution in [3.63, 3.8) is 0 Å². The molecule has 0 saturated carbocycles. The summed E-state index contributed by atoms with van der Waals surface area (Å²) in [5.74, 6) is 6.77. The lowest BCUT2D eigenvalue weighted by atomic mass is 10.2. The van der Waals surface area contributed by atoms with Crippen LogP contribution >= 0.6 is 0 Å². The molecule has 0 spiro atoms. The van der Waals surface area contributed by atoms with Gasteiger partial charge in [0.15, 0.2) is 0 Å². The van der Waals surface area contributed by atoms with Gasteiger partial charge in [-0.1, -0.05) is 27.7 Å². The fraction of sp³-hybridized carbons (Fsp3) is 0.800. The van der Waals surface area contributed by atoms with E-state index >= 15 is 0 Å². The van der Waals surface area contributed by atoms with E-state index in [0.717, 1.165) is 13.0 Å². The standard InChI is InChI=1S/C10H19N/c1-9(2)7-5-6-8-11-10(3)4/h9-11H,6,8H2,1-4H3. The highest BCUT2D eigenvalue weighted by Crippen LogP contribution is 1.86. The van der Waals surface area contributed by atoms with E-state index < -0.39 is 0 Å². The zero-order valence-electron chi connectivity index (χ0n) is 8.07. The second-order valence-electron chi connectivity index (χ2n) is 3.33. The topological polar surface area (TPSA) is 12.0 Å². The van der Waals surface area contributed by atoms with Crippen molar-refractivity contribution in [1.29, 1.82) is 0 Å². The molecule has 0 aliphatic heterocycles. The molecular weight excluding hydrogens is 134 g/mol. The Labute approximate surface area is 70.6 Å². The van der Waals surface area contributed by atoms with E-state index in [9.17, 15) is 0 Å². The molecule has 0 radical (unpaired) electrons. The molecule has 0 aliphatic rings. The highest BCUT2D eigenvalue weighted by atomic mass is 14.9. The minimum atomic E-state index is 0.508. The zero-order chi connectivity index (χ0) is 8.69. The summed E-state index contributed by atoms with van der Waals surface area (Å²) in [5.41, 5.74) is 0. The highest BCUT2D eigenvalue weighted by Gasteiger charge is 1.88. The Balaban J connectivity index is 3.22. The van der Waals surface area contributed by atoms with Crippen LogP contribution in [0.15, 0.2) is 0 Å². The SMILES string of the molecule is CC(C)C#CCCNC(C)C. The number of nitrogens with one attached hydrogen (secondary N) is 1. The van der Waals surface area contributed by atoms with E-state index in [2.05, 4.69) is 44.9 Å². The summed E-state index contributed by atoms with van der Waals surface area (Å²) in [6, 6.07) is 0.579. The summed E-state index contributed by atoms with van der Waals surface area (Å²) in [6.45, 7) is 9.54. The van der Waals surface area contributed by atoms with Crippen molar-refractivity contribution >= 4 is 0 Å². The van der Waals surface area contributed by atoms with Gasteiger partial charge in [-0.05, 0) is 0 Å². The molecule has 11 heavy (non-hydrogen) atoms. The molecule has 1 heteroatoms. The van der Waals surface area contributed by atoms with Crippen molar-refractivity contribution in [1.82, 2.24) is 5.32 Å².